The van der Waals surface area contributed by atoms with Gasteiger partial charge in [-0.3, -0.25) is 0 Å². The molecule has 31 heavy (non-hydrogen) atoms. The average Bonchev–Trinajstić information content (AvgIpc) is 2.77. The molecule has 2 aromatic carbocycles. The van der Waals surface area contributed by atoms with E-state index in [0.717, 1.165) is 24.3 Å². The Labute approximate surface area is 185 Å². The predicted molar refractivity (Wildman–Crippen MR) is 120 cm³/mol. The lowest BCUT2D eigenvalue weighted by molar-refractivity contribution is -0.274. The zero-order valence-corrected chi connectivity index (χ0v) is 18.8. The van der Waals surface area contributed by atoms with Crippen LogP contribution in [0.5, 0.6) is 5.75 Å². The lowest BCUT2D eigenvalue weighted by Crippen LogP contribution is -2.37. The van der Waals surface area contributed by atoms with Crippen LogP contribution in [-0.2, 0) is 18.3 Å². The standard InChI is InChI=1S/C27H35F3O/c1-3-8-23(4-2)26(19-6-5-7-20-26)24-15-11-21(12-16-24)9-10-22-13-17-25(18-14-22)31-27(28,29)30/h11-18,23H,3-10,19-20H2,1-2H3. The summed E-state index contributed by atoms with van der Waals surface area (Å²) in [5.41, 5.74) is 4.12. The maximum absolute atomic E-state index is 12.3. The Morgan fingerprint density at radius 2 is 1.39 bits per heavy atom. The highest BCUT2D eigenvalue weighted by molar-refractivity contribution is 5.32. The second-order valence-corrected chi connectivity index (χ2v) is 9.00. The highest BCUT2D eigenvalue weighted by Gasteiger charge is 2.39. The Hall–Kier alpha value is -1.97. The van der Waals surface area contributed by atoms with Gasteiger partial charge in [0.15, 0.2) is 0 Å². The summed E-state index contributed by atoms with van der Waals surface area (Å²) in [7, 11) is 0. The SMILES string of the molecule is CCCC(CC)C1(c2ccc(CCc3ccc(OC(F)(F)F)cc3)cc2)CCCCC1. The van der Waals surface area contributed by atoms with E-state index >= 15 is 0 Å². The summed E-state index contributed by atoms with van der Waals surface area (Å²) >= 11 is 0. The van der Waals surface area contributed by atoms with E-state index in [-0.39, 0.29) is 5.75 Å². The average molecular weight is 433 g/mol. The van der Waals surface area contributed by atoms with Crippen LogP contribution in [0.15, 0.2) is 48.5 Å². The van der Waals surface area contributed by atoms with Crippen molar-refractivity contribution < 1.29 is 17.9 Å². The summed E-state index contributed by atoms with van der Waals surface area (Å²) in [6, 6.07) is 15.4. The van der Waals surface area contributed by atoms with Gasteiger partial charge in [0.05, 0.1) is 0 Å². The second-order valence-electron chi connectivity index (χ2n) is 9.00. The predicted octanol–water partition coefficient (Wildman–Crippen LogP) is 8.40. The maximum atomic E-state index is 12.3. The molecular formula is C27H35F3O. The van der Waals surface area contributed by atoms with Gasteiger partial charge >= 0.3 is 6.36 Å². The van der Waals surface area contributed by atoms with Crippen LogP contribution < -0.4 is 4.74 Å². The Bertz CT molecular complexity index is 787. The number of hydrogen-bond donors (Lipinski definition) is 0. The van der Waals surface area contributed by atoms with Gasteiger partial charge in [0.2, 0.25) is 0 Å². The van der Waals surface area contributed by atoms with Crippen LogP contribution in [-0.4, -0.2) is 6.36 Å². The molecule has 0 spiro atoms. The van der Waals surface area contributed by atoms with Gasteiger partial charge in [0.25, 0.3) is 0 Å². The van der Waals surface area contributed by atoms with Crippen molar-refractivity contribution in [2.24, 2.45) is 5.92 Å². The largest absolute Gasteiger partial charge is 0.573 e. The smallest absolute Gasteiger partial charge is 0.406 e. The fourth-order valence-electron chi connectivity index (χ4n) is 5.48. The van der Waals surface area contributed by atoms with E-state index in [1.807, 2.05) is 0 Å². The summed E-state index contributed by atoms with van der Waals surface area (Å²) in [5, 5.41) is 0. The number of rotatable bonds is 9. The van der Waals surface area contributed by atoms with Gasteiger partial charge in [0, 0.05) is 0 Å². The van der Waals surface area contributed by atoms with Crippen molar-refractivity contribution in [3.05, 3.63) is 65.2 Å². The molecule has 0 radical (unpaired) electrons. The lowest BCUT2D eigenvalue weighted by Gasteiger charge is -2.44. The second kappa shape index (κ2) is 10.6. The third-order valence-electron chi connectivity index (χ3n) is 7.05. The van der Waals surface area contributed by atoms with E-state index in [4.69, 9.17) is 0 Å². The minimum atomic E-state index is -4.65. The molecule has 0 aliphatic heterocycles. The van der Waals surface area contributed by atoms with E-state index in [2.05, 4.69) is 42.8 Å². The minimum Gasteiger partial charge on any atom is -0.406 e. The molecule has 4 heteroatoms. The molecule has 0 N–H and O–H groups in total. The molecule has 1 saturated carbocycles. The van der Waals surface area contributed by atoms with Crippen molar-refractivity contribution in [3.8, 4) is 5.75 Å². The summed E-state index contributed by atoms with van der Waals surface area (Å²) in [5.74, 6) is 0.581. The number of ether oxygens (including phenoxy) is 1. The highest BCUT2D eigenvalue weighted by atomic mass is 19.4. The monoisotopic (exact) mass is 432 g/mol. The molecule has 1 atom stereocenters. The lowest BCUT2D eigenvalue weighted by atomic mass is 9.60. The maximum Gasteiger partial charge on any atom is 0.573 e. The Morgan fingerprint density at radius 3 is 1.87 bits per heavy atom. The van der Waals surface area contributed by atoms with Crippen LogP contribution in [0, 0.1) is 5.92 Å². The summed E-state index contributed by atoms with van der Waals surface area (Å²) in [4.78, 5) is 0. The number of alkyl halides is 3. The van der Waals surface area contributed by atoms with Gasteiger partial charge in [-0.25, -0.2) is 0 Å². The van der Waals surface area contributed by atoms with Gasteiger partial charge in [-0.2, -0.15) is 0 Å². The third kappa shape index (κ3) is 6.27. The number of halogens is 3. The van der Waals surface area contributed by atoms with Gasteiger partial charge in [-0.05, 0) is 72.3 Å². The first-order chi connectivity index (χ1) is 14.9. The molecule has 1 fully saturated rings. The molecular weight excluding hydrogens is 397 g/mol. The van der Waals surface area contributed by atoms with Crippen LogP contribution in [0.4, 0.5) is 13.2 Å². The van der Waals surface area contributed by atoms with Crippen molar-refractivity contribution in [2.45, 2.75) is 89.8 Å². The van der Waals surface area contributed by atoms with Crippen molar-refractivity contribution in [2.75, 3.05) is 0 Å². The first-order valence-corrected chi connectivity index (χ1v) is 11.8. The first kappa shape index (κ1) is 23.7. The molecule has 0 amide bonds. The molecule has 1 unspecified atom stereocenters. The van der Waals surface area contributed by atoms with E-state index in [1.54, 1.807) is 12.1 Å². The molecule has 170 valence electrons. The van der Waals surface area contributed by atoms with E-state index in [9.17, 15) is 13.2 Å². The van der Waals surface area contributed by atoms with E-state index in [0.29, 0.717) is 5.41 Å². The molecule has 1 aliphatic carbocycles. The highest BCUT2D eigenvalue weighted by Crippen LogP contribution is 2.48. The van der Waals surface area contributed by atoms with Crippen LogP contribution in [0.1, 0.15) is 81.9 Å². The summed E-state index contributed by atoms with van der Waals surface area (Å²) < 4.78 is 40.8. The Morgan fingerprint density at radius 1 is 0.839 bits per heavy atom. The molecule has 2 aromatic rings. The summed E-state index contributed by atoms with van der Waals surface area (Å²) in [6.07, 6.45) is 7.42. The first-order valence-electron chi connectivity index (χ1n) is 11.8. The van der Waals surface area contributed by atoms with Crippen molar-refractivity contribution in [3.63, 3.8) is 0 Å². The number of hydrogen-bond acceptors (Lipinski definition) is 1. The van der Waals surface area contributed by atoms with Crippen LogP contribution in [0.25, 0.3) is 0 Å². The molecule has 0 saturated heterocycles. The number of benzene rings is 2. The molecule has 1 nitrogen and oxygen atoms in total. The molecule has 0 aromatic heterocycles. The number of aryl methyl sites for hydroxylation is 2. The zero-order chi connectivity index (χ0) is 22.3. The Balaban J connectivity index is 1.66. The third-order valence-corrected chi connectivity index (χ3v) is 7.05. The molecule has 1 aliphatic rings. The van der Waals surface area contributed by atoms with Crippen molar-refractivity contribution >= 4 is 0 Å². The van der Waals surface area contributed by atoms with Gasteiger partial charge in [0.1, 0.15) is 5.75 Å². The van der Waals surface area contributed by atoms with Crippen molar-refractivity contribution in [1.29, 1.82) is 0 Å². The zero-order valence-electron chi connectivity index (χ0n) is 18.8. The molecule has 0 bridgehead atoms. The quantitative estimate of drug-likeness (QED) is 0.386. The van der Waals surface area contributed by atoms with Gasteiger partial charge in [-0.1, -0.05) is 82.3 Å². The van der Waals surface area contributed by atoms with Crippen LogP contribution in [0.3, 0.4) is 0 Å². The minimum absolute atomic E-state index is 0.170. The summed E-state index contributed by atoms with van der Waals surface area (Å²) in [6.45, 7) is 4.64. The molecule has 3 rings (SSSR count). The fourth-order valence-corrected chi connectivity index (χ4v) is 5.48. The Kier molecular flexibility index (Phi) is 8.07. The van der Waals surface area contributed by atoms with E-state index < -0.39 is 6.36 Å². The van der Waals surface area contributed by atoms with Crippen LogP contribution >= 0.6 is 0 Å². The van der Waals surface area contributed by atoms with Gasteiger partial charge < -0.3 is 4.74 Å². The van der Waals surface area contributed by atoms with Gasteiger partial charge in [-0.15, -0.1) is 13.2 Å². The van der Waals surface area contributed by atoms with Crippen molar-refractivity contribution in [1.82, 2.24) is 0 Å². The normalized spacial score (nSPS) is 17.3. The fraction of sp³-hybridized carbons (Fsp3) is 0.556. The van der Waals surface area contributed by atoms with Crippen LogP contribution in [0.2, 0.25) is 0 Å². The topological polar surface area (TPSA) is 9.23 Å². The van der Waals surface area contributed by atoms with E-state index in [1.165, 1.54) is 74.6 Å². The molecule has 0 heterocycles.